The quantitative estimate of drug-likeness (QED) is 0.803. The molecule has 3 saturated heterocycles. The first kappa shape index (κ1) is 20.4. The molecule has 1 aromatic rings. The van der Waals surface area contributed by atoms with Gasteiger partial charge in [-0.15, -0.1) is 0 Å². The summed E-state index contributed by atoms with van der Waals surface area (Å²) in [7, 11) is 0. The molecule has 5 heteroatoms. The zero-order valence-electron chi connectivity index (χ0n) is 17.7. The summed E-state index contributed by atoms with van der Waals surface area (Å²) >= 11 is 0. The fourth-order valence-electron chi connectivity index (χ4n) is 5.30. The van der Waals surface area contributed by atoms with Crippen molar-refractivity contribution < 1.29 is 9.59 Å². The highest BCUT2D eigenvalue weighted by Gasteiger charge is 2.37. The second-order valence-corrected chi connectivity index (χ2v) is 9.32. The van der Waals surface area contributed by atoms with Crippen molar-refractivity contribution >= 4 is 11.8 Å². The number of benzene rings is 1. The van der Waals surface area contributed by atoms with Gasteiger partial charge in [-0.3, -0.25) is 9.59 Å². The van der Waals surface area contributed by atoms with Crippen molar-refractivity contribution in [3.8, 4) is 0 Å². The lowest BCUT2D eigenvalue weighted by Crippen LogP contribution is -2.57. The summed E-state index contributed by atoms with van der Waals surface area (Å²) in [5, 5.41) is 3.72. The molecule has 1 N–H and O–H groups in total. The smallest absolute Gasteiger partial charge is 0.227 e. The van der Waals surface area contributed by atoms with E-state index in [0.717, 1.165) is 64.0 Å². The summed E-state index contributed by atoms with van der Waals surface area (Å²) in [5.74, 6) is 1.67. The van der Waals surface area contributed by atoms with E-state index in [1.54, 1.807) is 0 Å². The van der Waals surface area contributed by atoms with E-state index in [4.69, 9.17) is 0 Å². The number of nitrogens with zero attached hydrogens (tertiary/aromatic N) is 2. The lowest BCUT2D eigenvalue weighted by atomic mass is 9.79. The first-order chi connectivity index (χ1) is 14.1. The lowest BCUT2D eigenvalue weighted by molar-refractivity contribution is -0.134. The van der Waals surface area contributed by atoms with E-state index in [0.29, 0.717) is 36.6 Å². The molecule has 3 unspecified atom stereocenters. The molecule has 2 bridgehead atoms. The van der Waals surface area contributed by atoms with Gasteiger partial charge in [0.25, 0.3) is 0 Å². The highest BCUT2D eigenvalue weighted by atomic mass is 16.2. The maximum absolute atomic E-state index is 12.9. The topological polar surface area (TPSA) is 52.7 Å². The Morgan fingerprint density at radius 2 is 1.79 bits per heavy atom. The van der Waals surface area contributed by atoms with Gasteiger partial charge in [0.1, 0.15) is 0 Å². The molecule has 158 valence electrons. The van der Waals surface area contributed by atoms with Crippen LogP contribution in [0.15, 0.2) is 24.3 Å². The second kappa shape index (κ2) is 9.29. The Hall–Kier alpha value is -1.88. The van der Waals surface area contributed by atoms with Gasteiger partial charge in [-0.05, 0) is 63.0 Å². The predicted octanol–water partition coefficient (Wildman–Crippen LogP) is 2.77. The van der Waals surface area contributed by atoms with E-state index in [9.17, 15) is 9.59 Å². The minimum absolute atomic E-state index is 0.258. The van der Waals surface area contributed by atoms with Crippen LogP contribution in [0.2, 0.25) is 0 Å². The molecule has 29 heavy (non-hydrogen) atoms. The Bertz CT molecular complexity index is 711. The highest BCUT2D eigenvalue weighted by Crippen LogP contribution is 2.31. The highest BCUT2D eigenvalue weighted by molar-refractivity contribution is 5.79. The number of amides is 2. The van der Waals surface area contributed by atoms with Crippen molar-refractivity contribution in [1.29, 1.82) is 0 Å². The first-order valence-electron chi connectivity index (χ1n) is 11.4. The molecule has 4 rings (SSSR count). The van der Waals surface area contributed by atoms with Gasteiger partial charge in [0, 0.05) is 38.6 Å². The van der Waals surface area contributed by atoms with Gasteiger partial charge in [-0.25, -0.2) is 0 Å². The molecule has 3 heterocycles. The van der Waals surface area contributed by atoms with E-state index in [1.807, 2.05) is 4.90 Å². The van der Waals surface area contributed by atoms with E-state index in [1.165, 1.54) is 12.0 Å². The van der Waals surface area contributed by atoms with Gasteiger partial charge in [-0.1, -0.05) is 29.8 Å². The molecule has 0 aromatic heterocycles. The van der Waals surface area contributed by atoms with Gasteiger partial charge < -0.3 is 15.1 Å². The molecule has 2 amide bonds. The van der Waals surface area contributed by atoms with Crippen LogP contribution in [-0.4, -0.2) is 60.4 Å². The molecule has 0 spiro atoms. The number of nitrogens with one attached hydrogen (secondary N) is 1. The van der Waals surface area contributed by atoms with Crippen molar-refractivity contribution in [3.63, 3.8) is 0 Å². The molecule has 1 aromatic carbocycles. The van der Waals surface area contributed by atoms with Crippen molar-refractivity contribution in [2.24, 2.45) is 11.8 Å². The fourth-order valence-corrected chi connectivity index (χ4v) is 5.30. The van der Waals surface area contributed by atoms with E-state index in [-0.39, 0.29) is 5.91 Å². The van der Waals surface area contributed by atoms with Crippen LogP contribution in [0.3, 0.4) is 0 Å². The summed E-state index contributed by atoms with van der Waals surface area (Å²) in [4.78, 5) is 29.3. The molecule has 0 radical (unpaired) electrons. The number of piperidine rings is 2. The predicted molar refractivity (Wildman–Crippen MR) is 115 cm³/mol. The fraction of sp³-hybridized carbons (Fsp3) is 0.667. The summed E-state index contributed by atoms with van der Waals surface area (Å²) in [6.45, 7) is 6.71. The monoisotopic (exact) mass is 397 g/mol. The zero-order valence-corrected chi connectivity index (χ0v) is 17.7. The van der Waals surface area contributed by atoms with Crippen LogP contribution in [0, 0.1) is 18.8 Å². The molecule has 0 saturated carbocycles. The maximum Gasteiger partial charge on any atom is 0.227 e. The summed E-state index contributed by atoms with van der Waals surface area (Å²) < 4.78 is 0. The minimum atomic E-state index is 0.258. The third-order valence-electron chi connectivity index (χ3n) is 7.00. The van der Waals surface area contributed by atoms with Gasteiger partial charge in [-0.2, -0.15) is 0 Å². The number of aryl methyl sites for hydroxylation is 1. The van der Waals surface area contributed by atoms with Crippen LogP contribution < -0.4 is 5.32 Å². The Morgan fingerprint density at radius 3 is 2.55 bits per heavy atom. The number of likely N-dealkylation sites (tertiary alicyclic amines) is 2. The number of fused-ring (bicyclic) bond motifs is 2. The molecule has 3 aliphatic rings. The molecular weight excluding hydrogens is 362 g/mol. The summed E-state index contributed by atoms with van der Waals surface area (Å²) in [5.41, 5.74) is 2.33. The van der Waals surface area contributed by atoms with Crippen LogP contribution in [0.4, 0.5) is 0 Å². The van der Waals surface area contributed by atoms with E-state index >= 15 is 0 Å². The van der Waals surface area contributed by atoms with Crippen molar-refractivity contribution in [2.75, 3.05) is 32.7 Å². The molecule has 3 fully saturated rings. The SMILES string of the molecule is Cc1ccc(CC(=O)N2CC3CNC(CCCC(=O)N4CCCC4)C(C3)C2)cc1. The number of carbonyl (C=O) groups is 2. The average molecular weight is 398 g/mol. The van der Waals surface area contributed by atoms with Gasteiger partial charge >= 0.3 is 0 Å². The molecule has 3 atom stereocenters. The van der Waals surface area contributed by atoms with Crippen LogP contribution in [0.1, 0.15) is 49.7 Å². The van der Waals surface area contributed by atoms with Crippen LogP contribution >= 0.6 is 0 Å². The lowest BCUT2D eigenvalue weighted by Gasteiger charge is -2.46. The Kier molecular flexibility index (Phi) is 6.53. The standard InChI is InChI=1S/C24H35N3O2/c1-18-7-9-19(10-8-18)14-24(29)27-16-20-13-21(17-27)22(25-15-20)5-4-6-23(28)26-11-2-3-12-26/h7-10,20-22,25H,2-6,11-17H2,1H3. The number of rotatable bonds is 6. The molecule has 0 aliphatic carbocycles. The number of hydrogen-bond donors (Lipinski definition) is 1. The van der Waals surface area contributed by atoms with Crippen molar-refractivity contribution in [1.82, 2.24) is 15.1 Å². The zero-order chi connectivity index (χ0) is 20.2. The number of carbonyl (C=O) groups excluding carboxylic acids is 2. The second-order valence-electron chi connectivity index (χ2n) is 9.32. The van der Waals surface area contributed by atoms with Gasteiger partial charge in [0.2, 0.25) is 11.8 Å². The third-order valence-corrected chi connectivity index (χ3v) is 7.00. The summed E-state index contributed by atoms with van der Waals surface area (Å²) in [6.07, 6.45) is 6.69. The average Bonchev–Trinajstić information content (AvgIpc) is 3.26. The number of hydrogen-bond acceptors (Lipinski definition) is 3. The molecule has 5 nitrogen and oxygen atoms in total. The maximum atomic E-state index is 12.9. The molecule has 3 aliphatic heterocycles. The van der Waals surface area contributed by atoms with Crippen molar-refractivity contribution in [2.45, 2.75) is 57.9 Å². The summed E-state index contributed by atoms with van der Waals surface area (Å²) in [6, 6.07) is 8.74. The van der Waals surface area contributed by atoms with Crippen molar-refractivity contribution in [3.05, 3.63) is 35.4 Å². The largest absolute Gasteiger partial charge is 0.343 e. The van der Waals surface area contributed by atoms with Gasteiger partial charge in [0.15, 0.2) is 0 Å². The normalized spacial score (nSPS) is 26.6. The first-order valence-corrected chi connectivity index (χ1v) is 11.4. The van der Waals surface area contributed by atoms with Gasteiger partial charge in [0.05, 0.1) is 6.42 Å². The van der Waals surface area contributed by atoms with Crippen LogP contribution in [-0.2, 0) is 16.0 Å². The Balaban J connectivity index is 1.26. The van der Waals surface area contributed by atoms with E-state index < -0.39 is 0 Å². The third kappa shape index (κ3) is 5.19. The van der Waals surface area contributed by atoms with Crippen LogP contribution in [0.25, 0.3) is 0 Å². The Morgan fingerprint density at radius 1 is 1.03 bits per heavy atom. The molecular formula is C24H35N3O2. The minimum Gasteiger partial charge on any atom is -0.343 e. The Labute approximate surface area is 174 Å². The van der Waals surface area contributed by atoms with E-state index in [2.05, 4.69) is 41.4 Å². The van der Waals surface area contributed by atoms with Crippen LogP contribution in [0.5, 0.6) is 0 Å².